The van der Waals surface area contributed by atoms with E-state index in [-0.39, 0.29) is 4.90 Å². The first-order valence-corrected chi connectivity index (χ1v) is 10.7. The molecule has 0 aliphatic carbocycles. The quantitative estimate of drug-likeness (QED) is 0.560. The Morgan fingerprint density at radius 1 is 1.00 bits per heavy atom. The maximum Gasteiger partial charge on any atom is 0.244 e. The van der Waals surface area contributed by atoms with Crippen LogP contribution in [0.15, 0.2) is 71.9 Å². The van der Waals surface area contributed by atoms with Gasteiger partial charge in [0, 0.05) is 25.8 Å². The van der Waals surface area contributed by atoms with E-state index >= 15 is 0 Å². The normalized spacial score (nSPS) is 15.8. The lowest BCUT2D eigenvalue weighted by Crippen LogP contribution is -2.30. The van der Waals surface area contributed by atoms with Crippen molar-refractivity contribution in [2.75, 3.05) is 18.0 Å². The predicted molar refractivity (Wildman–Crippen MR) is 109 cm³/mol. The zero-order valence-corrected chi connectivity index (χ0v) is 16.2. The second-order valence-electron chi connectivity index (χ2n) is 6.78. The lowest BCUT2D eigenvalue weighted by atomic mass is 10.2. The second-order valence-corrected chi connectivity index (χ2v) is 8.51. The van der Waals surface area contributed by atoms with Crippen LogP contribution in [0.1, 0.15) is 5.56 Å². The van der Waals surface area contributed by atoms with E-state index in [1.807, 2.05) is 47.4 Å². The van der Waals surface area contributed by atoms with Crippen molar-refractivity contribution in [2.45, 2.75) is 11.4 Å². The fourth-order valence-corrected chi connectivity index (χ4v) is 4.59. The van der Waals surface area contributed by atoms with Crippen LogP contribution in [0.5, 0.6) is 0 Å². The van der Waals surface area contributed by atoms with Gasteiger partial charge in [-0.1, -0.05) is 30.3 Å². The van der Waals surface area contributed by atoms with Crippen LogP contribution in [-0.2, 0) is 16.6 Å². The molecule has 146 valence electrons. The number of sulfonamides is 1. The van der Waals surface area contributed by atoms with Crippen molar-refractivity contribution in [3.63, 3.8) is 0 Å². The molecule has 8 nitrogen and oxygen atoms in total. The van der Waals surface area contributed by atoms with E-state index in [0.29, 0.717) is 31.3 Å². The van der Waals surface area contributed by atoms with Crippen LogP contribution in [-0.4, -0.2) is 41.3 Å². The minimum Gasteiger partial charge on any atom is -0.350 e. The molecule has 9 heteroatoms. The summed E-state index contributed by atoms with van der Waals surface area (Å²) < 4.78 is 29.6. The summed E-state index contributed by atoms with van der Waals surface area (Å²) in [4.78, 5) is 11.1. The molecule has 0 radical (unpaired) electrons. The van der Waals surface area contributed by atoms with Gasteiger partial charge >= 0.3 is 0 Å². The Bertz CT molecular complexity index is 1250. The average molecular weight is 406 g/mol. The smallest absolute Gasteiger partial charge is 0.244 e. The molecule has 29 heavy (non-hydrogen) atoms. The van der Waals surface area contributed by atoms with Crippen LogP contribution in [0.4, 0.5) is 5.82 Å². The molecular formula is C20H18N6O2S. The van der Waals surface area contributed by atoms with E-state index in [1.165, 1.54) is 0 Å². The SMILES string of the molecule is O=S1(=O)NCCN(Cc2ccccc2)c2nc(-n3cc4ncccc4n3)ccc21. The van der Waals surface area contributed by atoms with Gasteiger partial charge in [-0.3, -0.25) is 4.98 Å². The summed E-state index contributed by atoms with van der Waals surface area (Å²) in [6, 6.07) is 16.9. The van der Waals surface area contributed by atoms with E-state index in [4.69, 9.17) is 4.98 Å². The van der Waals surface area contributed by atoms with Crippen LogP contribution in [0.25, 0.3) is 16.9 Å². The van der Waals surface area contributed by atoms with Gasteiger partial charge in [-0.2, -0.15) is 5.10 Å². The van der Waals surface area contributed by atoms with Crippen molar-refractivity contribution in [2.24, 2.45) is 0 Å². The lowest BCUT2D eigenvalue weighted by molar-refractivity contribution is 0.584. The van der Waals surface area contributed by atoms with E-state index in [1.54, 1.807) is 29.2 Å². The predicted octanol–water partition coefficient (Wildman–Crippen LogP) is 2.11. The molecule has 0 fully saturated rings. The Balaban J connectivity index is 1.62. The van der Waals surface area contributed by atoms with Crippen molar-refractivity contribution in [1.82, 2.24) is 24.5 Å². The molecule has 0 atom stereocenters. The van der Waals surface area contributed by atoms with Crippen LogP contribution in [0.3, 0.4) is 0 Å². The minimum absolute atomic E-state index is 0.171. The fraction of sp³-hybridized carbons (Fsp3) is 0.150. The monoisotopic (exact) mass is 406 g/mol. The number of nitrogens with one attached hydrogen (secondary N) is 1. The zero-order chi connectivity index (χ0) is 19.8. The molecule has 1 N–H and O–H groups in total. The maximum atomic E-state index is 12.7. The summed E-state index contributed by atoms with van der Waals surface area (Å²) in [6.45, 7) is 1.39. The fourth-order valence-electron chi connectivity index (χ4n) is 3.42. The van der Waals surface area contributed by atoms with Gasteiger partial charge in [-0.05, 0) is 29.8 Å². The van der Waals surface area contributed by atoms with Gasteiger partial charge in [0.15, 0.2) is 11.6 Å². The summed E-state index contributed by atoms with van der Waals surface area (Å²) in [6.07, 6.45) is 3.49. The van der Waals surface area contributed by atoms with Crippen LogP contribution in [0, 0.1) is 0 Å². The van der Waals surface area contributed by atoms with E-state index in [9.17, 15) is 8.42 Å². The van der Waals surface area contributed by atoms with Gasteiger partial charge in [0.2, 0.25) is 10.0 Å². The summed E-state index contributed by atoms with van der Waals surface area (Å²) in [5, 5.41) is 4.51. The molecule has 5 rings (SSSR count). The van der Waals surface area contributed by atoms with Gasteiger partial charge in [0.25, 0.3) is 0 Å². The third-order valence-electron chi connectivity index (χ3n) is 4.81. The molecule has 0 amide bonds. The molecule has 0 bridgehead atoms. The first-order chi connectivity index (χ1) is 14.1. The lowest BCUT2D eigenvalue weighted by Gasteiger charge is -2.23. The van der Waals surface area contributed by atoms with Crippen molar-refractivity contribution in [3.05, 3.63) is 72.6 Å². The Hall–Kier alpha value is -3.30. The number of rotatable bonds is 3. The molecule has 0 saturated heterocycles. The summed E-state index contributed by atoms with van der Waals surface area (Å²) in [5.41, 5.74) is 2.58. The number of nitrogens with zero attached hydrogens (tertiary/aromatic N) is 5. The first-order valence-electron chi connectivity index (χ1n) is 9.20. The van der Waals surface area contributed by atoms with Crippen molar-refractivity contribution in [1.29, 1.82) is 0 Å². The average Bonchev–Trinajstić information content (AvgIpc) is 3.13. The summed E-state index contributed by atoms with van der Waals surface area (Å²) in [5.74, 6) is 0.959. The molecule has 3 aromatic heterocycles. The molecule has 4 heterocycles. The second kappa shape index (κ2) is 6.94. The highest BCUT2D eigenvalue weighted by atomic mass is 32.2. The Labute approximate surface area is 167 Å². The van der Waals surface area contributed by atoms with Gasteiger partial charge < -0.3 is 4.90 Å². The standard InChI is InChI=1S/C20H18N6O2S/c27-29(28)18-8-9-19(26-14-17-16(24-26)7-4-10-21-17)23-20(18)25(12-11-22-29)13-15-5-2-1-3-6-15/h1-10,14,22H,11-13H2. The molecule has 4 aromatic rings. The highest BCUT2D eigenvalue weighted by Crippen LogP contribution is 2.28. The maximum absolute atomic E-state index is 12.7. The van der Waals surface area contributed by atoms with Gasteiger partial charge in [0.05, 0.1) is 6.20 Å². The number of anilines is 1. The number of hydrogen-bond donors (Lipinski definition) is 1. The van der Waals surface area contributed by atoms with Gasteiger partial charge in [-0.15, -0.1) is 0 Å². The van der Waals surface area contributed by atoms with Gasteiger partial charge in [0.1, 0.15) is 15.9 Å². The Morgan fingerprint density at radius 3 is 2.69 bits per heavy atom. The highest BCUT2D eigenvalue weighted by molar-refractivity contribution is 7.89. The molecular weight excluding hydrogens is 388 g/mol. The van der Waals surface area contributed by atoms with Crippen molar-refractivity contribution < 1.29 is 8.42 Å². The van der Waals surface area contributed by atoms with Crippen LogP contribution < -0.4 is 9.62 Å². The number of fused-ring (bicyclic) bond motifs is 2. The third kappa shape index (κ3) is 3.34. The third-order valence-corrected chi connectivity index (χ3v) is 6.30. The van der Waals surface area contributed by atoms with E-state index in [2.05, 4.69) is 14.8 Å². The van der Waals surface area contributed by atoms with Crippen molar-refractivity contribution >= 4 is 26.9 Å². The van der Waals surface area contributed by atoms with Crippen LogP contribution >= 0.6 is 0 Å². The molecule has 0 saturated carbocycles. The zero-order valence-electron chi connectivity index (χ0n) is 15.4. The Morgan fingerprint density at radius 2 is 1.86 bits per heavy atom. The number of pyridine rings is 2. The first kappa shape index (κ1) is 17.8. The van der Waals surface area contributed by atoms with E-state index in [0.717, 1.165) is 16.6 Å². The molecule has 1 aliphatic heterocycles. The topological polar surface area (TPSA) is 93.0 Å². The van der Waals surface area contributed by atoms with Gasteiger partial charge in [-0.25, -0.2) is 22.8 Å². The summed E-state index contributed by atoms with van der Waals surface area (Å²) >= 11 is 0. The number of hydrogen-bond acceptors (Lipinski definition) is 6. The largest absolute Gasteiger partial charge is 0.350 e. The number of benzene rings is 1. The molecule has 1 aliphatic rings. The highest BCUT2D eigenvalue weighted by Gasteiger charge is 2.27. The molecule has 0 spiro atoms. The molecule has 1 aromatic carbocycles. The van der Waals surface area contributed by atoms with Crippen molar-refractivity contribution in [3.8, 4) is 5.82 Å². The minimum atomic E-state index is -3.62. The summed E-state index contributed by atoms with van der Waals surface area (Å²) in [7, 11) is -3.62. The van der Waals surface area contributed by atoms with Crippen LogP contribution in [0.2, 0.25) is 0 Å². The number of aromatic nitrogens is 4. The molecule has 0 unspecified atom stereocenters. The Kier molecular flexibility index (Phi) is 4.26. The van der Waals surface area contributed by atoms with E-state index < -0.39 is 10.0 Å².